The molecular formula is C18H31NO. The average molecular weight is 277 g/mol. The third kappa shape index (κ3) is 7.54. The van der Waals surface area contributed by atoms with Gasteiger partial charge in [0.2, 0.25) is 0 Å². The molecule has 2 heteroatoms. The van der Waals surface area contributed by atoms with E-state index in [2.05, 4.69) is 6.92 Å². The number of unbranched alkanes of at least 4 members (excludes halogenated alkanes) is 7. The van der Waals surface area contributed by atoms with Crippen molar-refractivity contribution >= 4 is 0 Å². The van der Waals surface area contributed by atoms with E-state index < -0.39 is 0 Å². The van der Waals surface area contributed by atoms with Crippen LogP contribution in [0.3, 0.4) is 0 Å². The summed E-state index contributed by atoms with van der Waals surface area (Å²) < 4.78 is 5.75. The van der Waals surface area contributed by atoms with Gasteiger partial charge in [-0.25, -0.2) is 0 Å². The van der Waals surface area contributed by atoms with E-state index in [4.69, 9.17) is 10.5 Å². The number of rotatable bonds is 11. The molecule has 0 aromatic heterocycles. The molecule has 1 aromatic carbocycles. The van der Waals surface area contributed by atoms with Crippen LogP contribution in [0.15, 0.2) is 24.3 Å². The third-order valence-corrected chi connectivity index (χ3v) is 3.67. The summed E-state index contributed by atoms with van der Waals surface area (Å²) in [6, 6.07) is 8.23. The lowest BCUT2D eigenvalue weighted by molar-refractivity contribution is 0.304. The van der Waals surface area contributed by atoms with Gasteiger partial charge in [-0.05, 0) is 31.0 Å². The van der Waals surface area contributed by atoms with E-state index in [1.807, 2.05) is 31.2 Å². The van der Waals surface area contributed by atoms with Crippen LogP contribution in [0.5, 0.6) is 5.75 Å². The van der Waals surface area contributed by atoms with Crippen molar-refractivity contribution in [2.75, 3.05) is 6.61 Å². The Hall–Kier alpha value is -1.02. The van der Waals surface area contributed by atoms with Gasteiger partial charge in [0.1, 0.15) is 5.75 Å². The molecule has 0 aliphatic rings. The van der Waals surface area contributed by atoms with Crippen LogP contribution < -0.4 is 10.5 Å². The van der Waals surface area contributed by atoms with Crippen molar-refractivity contribution in [3.63, 3.8) is 0 Å². The first-order valence-electron chi connectivity index (χ1n) is 8.22. The van der Waals surface area contributed by atoms with Crippen LogP contribution in [0.25, 0.3) is 0 Å². The molecule has 0 fully saturated rings. The minimum absolute atomic E-state index is 0.0942. The highest BCUT2D eigenvalue weighted by Crippen LogP contribution is 2.16. The summed E-state index contributed by atoms with van der Waals surface area (Å²) in [5.74, 6) is 0.956. The van der Waals surface area contributed by atoms with Crippen LogP contribution in [0.2, 0.25) is 0 Å². The van der Waals surface area contributed by atoms with Crippen LogP contribution in [-0.2, 0) is 0 Å². The first kappa shape index (κ1) is 17.0. The molecule has 1 rings (SSSR count). The fraction of sp³-hybridized carbons (Fsp3) is 0.667. The van der Waals surface area contributed by atoms with Crippen LogP contribution in [0.4, 0.5) is 0 Å². The molecule has 2 N–H and O–H groups in total. The van der Waals surface area contributed by atoms with Gasteiger partial charge in [0.05, 0.1) is 6.61 Å². The highest BCUT2D eigenvalue weighted by Gasteiger charge is 1.99. The summed E-state index contributed by atoms with van der Waals surface area (Å²) in [6.07, 6.45) is 10.7. The number of hydrogen-bond donors (Lipinski definition) is 1. The second-order valence-corrected chi connectivity index (χ2v) is 5.68. The van der Waals surface area contributed by atoms with Gasteiger partial charge >= 0.3 is 0 Å². The normalized spacial score (nSPS) is 12.3. The Bertz CT molecular complexity index is 332. The van der Waals surface area contributed by atoms with Crippen molar-refractivity contribution in [2.45, 2.75) is 71.3 Å². The smallest absolute Gasteiger partial charge is 0.119 e. The summed E-state index contributed by atoms with van der Waals surface area (Å²) in [5.41, 5.74) is 6.98. The molecule has 0 spiro atoms. The predicted molar refractivity (Wildman–Crippen MR) is 87.1 cm³/mol. The molecule has 1 unspecified atom stereocenters. The largest absolute Gasteiger partial charge is 0.494 e. The van der Waals surface area contributed by atoms with Crippen LogP contribution >= 0.6 is 0 Å². The van der Waals surface area contributed by atoms with Crippen molar-refractivity contribution in [3.05, 3.63) is 29.8 Å². The summed E-state index contributed by atoms with van der Waals surface area (Å²) >= 11 is 0. The Balaban J connectivity index is 2.01. The first-order valence-corrected chi connectivity index (χ1v) is 8.22. The van der Waals surface area contributed by atoms with Crippen LogP contribution in [-0.4, -0.2) is 6.61 Å². The molecule has 2 nitrogen and oxygen atoms in total. The first-order chi connectivity index (χ1) is 9.74. The lowest BCUT2D eigenvalue weighted by atomic mass is 10.1. The number of nitrogens with two attached hydrogens (primary N) is 1. The Morgan fingerprint density at radius 3 is 2.00 bits per heavy atom. The molecule has 0 aliphatic heterocycles. The summed E-state index contributed by atoms with van der Waals surface area (Å²) in [7, 11) is 0. The van der Waals surface area contributed by atoms with Gasteiger partial charge in [-0.2, -0.15) is 0 Å². The predicted octanol–water partition coefficient (Wildman–Crippen LogP) is 5.23. The Labute approximate surface area is 124 Å². The zero-order chi connectivity index (χ0) is 14.6. The van der Waals surface area contributed by atoms with E-state index in [9.17, 15) is 0 Å². The molecule has 0 amide bonds. The maximum atomic E-state index is 5.82. The van der Waals surface area contributed by atoms with Crippen LogP contribution in [0, 0.1) is 0 Å². The van der Waals surface area contributed by atoms with Gasteiger partial charge in [0.15, 0.2) is 0 Å². The van der Waals surface area contributed by atoms with Crippen molar-refractivity contribution in [1.82, 2.24) is 0 Å². The molecule has 0 heterocycles. The SMILES string of the molecule is CCCCCCCCCCOc1ccc(C(C)N)cc1. The fourth-order valence-corrected chi connectivity index (χ4v) is 2.29. The molecule has 0 aliphatic carbocycles. The molecule has 0 saturated carbocycles. The van der Waals surface area contributed by atoms with E-state index in [1.165, 1.54) is 44.9 Å². The maximum absolute atomic E-state index is 5.82. The standard InChI is InChI=1S/C18H31NO/c1-3-4-5-6-7-8-9-10-15-20-18-13-11-17(12-14-18)16(2)19/h11-14,16H,3-10,15,19H2,1-2H3. The lowest BCUT2D eigenvalue weighted by Crippen LogP contribution is -2.04. The van der Waals surface area contributed by atoms with E-state index in [0.29, 0.717) is 0 Å². The number of benzene rings is 1. The van der Waals surface area contributed by atoms with Gasteiger partial charge in [-0.1, -0.05) is 64.0 Å². The van der Waals surface area contributed by atoms with Crippen molar-refractivity contribution in [2.24, 2.45) is 5.73 Å². The summed E-state index contributed by atoms with van der Waals surface area (Å²) in [5, 5.41) is 0. The van der Waals surface area contributed by atoms with Crippen molar-refractivity contribution in [3.8, 4) is 5.75 Å². The second kappa shape index (κ2) is 10.7. The van der Waals surface area contributed by atoms with Crippen molar-refractivity contribution < 1.29 is 4.74 Å². The fourth-order valence-electron chi connectivity index (χ4n) is 2.29. The third-order valence-electron chi connectivity index (χ3n) is 3.67. The Kier molecular flexibility index (Phi) is 9.14. The van der Waals surface area contributed by atoms with Gasteiger partial charge in [-0.15, -0.1) is 0 Å². The number of ether oxygens (including phenoxy) is 1. The lowest BCUT2D eigenvalue weighted by Gasteiger charge is -2.09. The summed E-state index contributed by atoms with van der Waals surface area (Å²) in [4.78, 5) is 0. The zero-order valence-corrected chi connectivity index (χ0v) is 13.2. The minimum atomic E-state index is 0.0942. The van der Waals surface area contributed by atoms with Crippen molar-refractivity contribution in [1.29, 1.82) is 0 Å². The van der Waals surface area contributed by atoms with Gasteiger partial charge in [-0.3, -0.25) is 0 Å². The van der Waals surface area contributed by atoms with Gasteiger partial charge in [0.25, 0.3) is 0 Å². The molecule has 0 radical (unpaired) electrons. The Morgan fingerprint density at radius 1 is 0.900 bits per heavy atom. The van der Waals surface area contributed by atoms with E-state index >= 15 is 0 Å². The summed E-state index contributed by atoms with van der Waals surface area (Å²) in [6.45, 7) is 5.08. The highest BCUT2D eigenvalue weighted by molar-refractivity contribution is 5.28. The van der Waals surface area contributed by atoms with Gasteiger partial charge in [0, 0.05) is 6.04 Å². The minimum Gasteiger partial charge on any atom is -0.494 e. The van der Waals surface area contributed by atoms with Crippen LogP contribution in [0.1, 0.15) is 76.8 Å². The van der Waals surface area contributed by atoms with E-state index in [1.54, 1.807) is 0 Å². The highest BCUT2D eigenvalue weighted by atomic mass is 16.5. The average Bonchev–Trinajstić information content (AvgIpc) is 2.46. The quantitative estimate of drug-likeness (QED) is 0.562. The topological polar surface area (TPSA) is 35.2 Å². The monoisotopic (exact) mass is 277 g/mol. The molecule has 0 bridgehead atoms. The molecule has 20 heavy (non-hydrogen) atoms. The second-order valence-electron chi connectivity index (χ2n) is 5.68. The molecular weight excluding hydrogens is 246 g/mol. The number of hydrogen-bond acceptors (Lipinski definition) is 2. The van der Waals surface area contributed by atoms with E-state index in [0.717, 1.165) is 24.3 Å². The zero-order valence-electron chi connectivity index (χ0n) is 13.2. The maximum Gasteiger partial charge on any atom is 0.119 e. The Morgan fingerprint density at radius 2 is 1.45 bits per heavy atom. The molecule has 1 aromatic rings. The molecule has 0 saturated heterocycles. The van der Waals surface area contributed by atoms with E-state index in [-0.39, 0.29) is 6.04 Å². The molecule has 1 atom stereocenters. The van der Waals surface area contributed by atoms with Gasteiger partial charge < -0.3 is 10.5 Å². The molecule has 114 valence electrons.